The van der Waals surface area contributed by atoms with Crippen LogP contribution in [0.2, 0.25) is 0 Å². The number of halogens is 3. The molecule has 0 fully saturated rings. The molecule has 1 atom stereocenters. The second kappa shape index (κ2) is 8.56. The normalized spacial score (nSPS) is 12.6. The van der Waals surface area contributed by atoms with Crippen LogP contribution < -0.4 is 10.1 Å². The number of hydrogen-bond donors (Lipinski definition) is 1. The van der Waals surface area contributed by atoms with Crippen molar-refractivity contribution in [2.75, 3.05) is 13.7 Å². The fourth-order valence-corrected chi connectivity index (χ4v) is 1.95. The zero-order chi connectivity index (χ0) is 18.3. The monoisotopic (exact) mass is 347 g/mol. The minimum Gasteiger partial charge on any atom is -0.484 e. The van der Waals surface area contributed by atoms with Gasteiger partial charge in [-0.3, -0.25) is 4.79 Å². The molecule has 5 nitrogen and oxygen atoms in total. The fourth-order valence-electron chi connectivity index (χ4n) is 1.95. The topological polar surface area (TPSA) is 64.6 Å². The van der Waals surface area contributed by atoms with Gasteiger partial charge < -0.3 is 14.8 Å². The molecule has 0 aliphatic heterocycles. The van der Waals surface area contributed by atoms with Crippen molar-refractivity contribution < 1.29 is 32.2 Å². The van der Waals surface area contributed by atoms with Crippen LogP contribution in [0.4, 0.5) is 13.2 Å². The van der Waals surface area contributed by atoms with Crippen molar-refractivity contribution in [3.63, 3.8) is 0 Å². The zero-order valence-electron chi connectivity index (χ0n) is 13.6. The highest BCUT2D eigenvalue weighted by Gasteiger charge is 2.30. The molecule has 0 aliphatic rings. The fraction of sp³-hybridized carbons (Fsp3) is 0.500. The largest absolute Gasteiger partial charge is 0.484 e. The molecule has 0 heterocycles. The maximum absolute atomic E-state index is 12.4. The Labute approximate surface area is 138 Å². The standard InChI is InChI=1S/C16H20F3NO4/c1-10(2)8-13(15(22)23-3)20-14(21)9-24-12-6-4-11(5-7-12)16(17,18)19/h4-7,10,13H,8-9H2,1-3H3,(H,20,21). The first-order valence-corrected chi connectivity index (χ1v) is 7.30. The van der Waals surface area contributed by atoms with Gasteiger partial charge in [-0.25, -0.2) is 4.79 Å². The van der Waals surface area contributed by atoms with E-state index in [0.29, 0.717) is 6.42 Å². The van der Waals surface area contributed by atoms with Crippen molar-refractivity contribution in [3.05, 3.63) is 29.8 Å². The van der Waals surface area contributed by atoms with E-state index in [2.05, 4.69) is 10.1 Å². The van der Waals surface area contributed by atoms with Gasteiger partial charge in [-0.2, -0.15) is 13.2 Å². The molecule has 1 rings (SSSR count). The number of esters is 1. The quantitative estimate of drug-likeness (QED) is 0.771. The highest BCUT2D eigenvalue weighted by molar-refractivity contribution is 5.85. The predicted molar refractivity (Wildman–Crippen MR) is 80.3 cm³/mol. The molecule has 1 aromatic carbocycles. The number of alkyl halides is 3. The number of hydrogen-bond acceptors (Lipinski definition) is 4. The summed E-state index contributed by atoms with van der Waals surface area (Å²) in [6, 6.07) is 3.19. The summed E-state index contributed by atoms with van der Waals surface area (Å²) >= 11 is 0. The van der Waals surface area contributed by atoms with E-state index in [4.69, 9.17) is 4.74 Å². The minimum absolute atomic E-state index is 0.122. The van der Waals surface area contributed by atoms with Crippen LogP contribution in [0, 0.1) is 5.92 Å². The average Bonchev–Trinajstić information content (AvgIpc) is 2.50. The van der Waals surface area contributed by atoms with Gasteiger partial charge in [-0.1, -0.05) is 13.8 Å². The smallest absolute Gasteiger partial charge is 0.416 e. The molecule has 1 unspecified atom stereocenters. The molecule has 1 amide bonds. The second-order valence-corrected chi connectivity index (χ2v) is 5.58. The summed E-state index contributed by atoms with van der Waals surface area (Å²) in [4.78, 5) is 23.4. The molecule has 0 saturated heterocycles. The lowest BCUT2D eigenvalue weighted by Gasteiger charge is -2.18. The number of carbonyl (C=O) groups excluding carboxylic acids is 2. The lowest BCUT2D eigenvalue weighted by Crippen LogP contribution is -2.44. The van der Waals surface area contributed by atoms with Gasteiger partial charge in [0.05, 0.1) is 12.7 Å². The number of nitrogens with one attached hydrogen (secondary N) is 1. The molecule has 134 valence electrons. The summed E-state index contributed by atoms with van der Waals surface area (Å²) < 4.78 is 47.1. The van der Waals surface area contributed by atoms with Crippen molar-refractivity contribution in [2.45, 2.75) is 32.5 Å². The lowest BCUT2D eigenvalue weighted by molar-refractivity contribution is -0.145. The first kappa shape index (κ1) is 19.8. The Hall–Kier alpha value is -2.25. The van der Waals surface area contributed by atoms with E-state index >= 15 is 0 Å². The minimum atomic E-state index is -4.43. The van der Waals surface area contributed by atoms with Gasteiger partial charge in [0.15, 0.2) is 6.61 Å². The van der Waals surface area contributed by atoms with Gasteiger partial charge in [0.1, 0.15) is 11.8 Å². The zero-order valence-corrected chi connectivity index (χ0v) is 13.6. The number of benzene rings is 1. The van der Waals surface area contributed by atoms with Crippen molar-refractivity contribution in [1.82, 2.24) is 5.32 Å². The predicted octanol–water partition coefficient (Wildman–Crippen LogP) is 2.79. The highest BCUT2D eigenvalue weighted by Crippen LogP contribution is 2.30. The van der Waals surface area contributed by atoms with Gasteiger partial charge in [-0.15, -0.1) is 0 Å². The Bertz CT molecular complexity index is 555. The van der Waals surface area contributed by atoms with Crippen LogP contribution in [-0.4, -0.2) is 31.6 Å². The number of ether oxygens (including phenoxy) is 2. The van der Waals surface area contributed by atoms with Crippen LogP contribution in [0.5, 0.6) is 5.75 Å². The maximum atomic E-state index is 12.4. The summed E-state index contributed by atoms with van der Waals surface area (Å²) in [7, 11) is 1.22. The molecule has 8 heteroatoms. The van der Waals surface area contributed by atoms with E-state index in [1.807, 2.05) is 13.8 Å². The van der Waals surface area contributed by atoms with Crippen molar-refractivity contribution in [2.24, 2.45) is 5.92 Å². The summed E-state index contributed by atoms with van der Waals surface area (Å²) in [6.07, 6.45) is -4.03. The molecule has 1 aromatic rings. The molecule has 0 radical (unpaired) electrons. The average molecular weight is 347 g/mol. The van der Waals surface area contributed by atoms with Crippen LogP contribution in [0.3, 0.4) is 0 Å². The Kier molecular flexibility index (Phi) is 7.06. The van der Waals surface area contributed by atoms with E-state index in [1.54, 1.807) is 0 Å². The Balaban J connectivity index is 2.57. The number of methoxy groups -OCH3 is 1. The van der Waals surface area contributed by atoms with Crippen LogP contribution in [0.1, 0.15) is 25.8 Å². The Morgan fingerprint density at radius 3 is 2.21 bits per heavy atom. The van der Waals surface area contributed by atoms with Crippen molar-refractivity contribution >= 4 is 11.9 Å². The van der Waals surface area contributed by atoms with E-state index < -0.39 is 36.3 Å². The lowest BCUT2D eigenvalue weighted by atomic mass is 10.0. The van der Waals surface area contributed by atoms with Crippen LogP contribution in [0.25, 0.3) is 0 Å². The second-order valence-electron chi connectivity index (χ2n) is 5.58. The van der Waals surface area contributed by atoms with Gasteiger partial charge in [-0.05, 0) is 36.6 Å². The molecular formula is C16H20F3NO4. The molecule has 0 bridgehead atoms. The summed E-state index contributed by atoms with van der Waals surface area (Å²) in [6.45, 7) is 3.36. The van der Waals surface area contributed by atoms with Crippen LogP contribution >= 0.6 is 0 Å². The number of amides is 1. The third kappa shape index (κ3) is 6.47. The van der Waals surface area contributed by atoms with E-state index in [1.165, 1.54) is 7.11 Å². The molecule has 0 aromatic heterocycles. The SMILES string of the molecule is COC(=O)C(CC(C)C)NC(=O)COc1ccc(C(F)(F)F)cc1. The Morgan fingerprint density at radius 1 is 1.17 bits per heavy atom. The summed E-state index contributed by atoms with van der Waals surface area (Å²) in [5.74, 6) is -0.848. The molecule has 1 N–H and O–H groups in total. The third-order valence-corrected chi connectivity index (χ3v) is 3.08. The highest BCUT2D eigenvalue weighted by atomic mass is 19.4. The first-order valence-electron chi connectivity index (χ1n) is 7.30. The molecular weight excluding hydrogens is 327 g/mol. The first-order chi connectivity index (χ1) is 11.1. The molecule has 24 heavy (non-hydrogen) atoms. The van der Waals surface area contributed by atoms with Gasteiger partial charge >= 0.3 is 12.1 Å². The maximum Gasteiger partial charge on any atom is 0.416 e. The third-order valence-electron chi connectivity index (χ3n) is 3.08. The van der Waals surface area contributed by atoms with Gasteiger partial charge in [0.2, 0.25) is 0 Å². The van der Waals surface area contributed by atoms with Crippen molar-refractivity contribution in [3.8, 4) is 5.75 Å². The van der Waals surface area contributed by atoms with E-state index in [0.717, 1.165) is 24.3 Å². The van der Waals surface area contributed by atoms with Crippen LogP contribution in [0.15, 0.2) is 24.3 Å². The van der Waals surface area contributed by atoms with E-state index in [9.17, 15) is 22.8 Å². The number of rotatable bonds is 7. The van der Waals surface area contributed by atoms with Gasteiger partial charge in [0.25, 0.3) is 5.91 Å². The van der Waals surface area contributed by atoms with Crippen LogP contribution in [-0.2, 0) is 20.5 Å². The summed E-state index contributed by atoms with van der Waals surface area (Å²) in [5.41, 5.74) is -0.804. The van der Waals surface area contributed by atoms with Crippen molar-refractivity contribution in [1.29, 1.82) is 0 Å². The summed E-state index contributed by atoms with van der Waals surface area (Å²) in [5, 5.41) is 2.49. The van der Waals surface area contributed by atoms with E-state index in [-0.39, 0.29) is 11.7 Å². The molecule has 0 spiro atoms. The van der Waals surface area contributed by atoms with Gasteiger partial charge in [0, 0.05) is 0 Å². The number of carbonyl (C=O) groups is 2. The molecule has 0 aliphatic carbocycles. The molecule has 0 saturated carbocycles. The Morgan fingerprint density at radius 2 is 1.75 bits per heavy atom.